The van der Waals surface area contributed by atoms with Gasteiger partial charge < -0.3 is 15.0 Å². The molecule has 5 aromatic rings. The lowest BCUT2D eigenvalue weighted by Crippen LogP contribution is -2.51. The smallest absolute Gasteiger partial charge is 0.406 e. The number of benzene rings is 2. The highest BCUT2D eigenvalue weighted by Crippen LogP contribution is 2.42. The Morgan fingerprint density at radius 3 is 2.89 bits per heavy atom. The van der Waals surface area contributed by atoms with Gasteiger partial charge in [0.1, 0.15) is 17.2 Å². The van der Waals surface area contributed by atoms with Crippen LogP contribution in [-0.4, -0.2) is 30.8 Å². The number of carbonyl (C=O) groups excluding carboxylic acids is 1. The van der Waals surface area contributed by atoms with E-state index in [2.05, 4.69) is 41.3 Å². The molecule has 0 saturated heterocycles. The summed E-state index contributed by atoms with van der Waals surface area (Å²) < 4.78 is 22.0. The number of carbonyl (C=O) groups is 1. The summed E-state index contributed by atoms with van der Waals surface area (Å²) in [4.78, 5) is 25.0. The van der Waals surface area contributed by atoms with Crippen molar-refractivity contribution in [1.29, 1.82) is 0 Å². The molecule has 3 aromatic heterocycles. The predicted octanol–water partition coefficient (Wildman–Crippen LogP) is 5.58. The van der Waals surface area contributed by atoms with E-state index in [1.807, 2.05) is 24.3 Å². The summed E-state index contributed by atoms with van der Waals surface area (Å²) in [7, 11) is 1.74. The number of nitrogens with zero attached hydrogens (tertiary/aromatic N) is 4. The largest absolute Gasteiger partial charge is 0.413 e. The summed E-state index contributed by atoms with van der Waals surface area (Å²) in [6, 6.07) is 12.4. The van der Waals surface area contributed by atoms with Crippen molar-refractivity contribution in [3.63, 3.8) is 0 Å². The maximum absolute atomic E-state index is 13.7. The van der Waals surface area contributed by atoms with Gasteiger partial charge >= 0.3 is 6.09 Å². The van der Waals surface area contributed by atoms with Gasteiger partial charge in [-0.2, -0.15) is 5.10 Å². The lowest BCUT2D eigenvalue weighted by atomic mass is 9.72. The van der Waals surface area contributed by atoms with Crippen LogP contribution in [0.3, 0.4) is 0 Å². The Labute approximate surface area is 207 Å². The van der Waals surface area contributed by atoms with Gasteiger partial charge in [0.2, 0.25) is 0 Å². The lowest BCUT2D eigenvalue weighted by molar-refractivity contribution is 0.149. The second kappa shape index (κ2) is 8.16. The number of nitrogens with one attached hydrogen (secondary N) is 2. The van der Waals surface area contributed by atoms with Crippen molar-refractivity contribution in [2.24, 2.45) is 7.05 Å². The predicted molar refractivity (Wildman–Crippen MR) is 132 cm³/mol. The third kappa shape index (κ3) is 3.74. The van der Waals surface area contributed by atoms with Gasteiger partial charge in [0.05, 0.1) is 17.3 Å². The number of H-pyrrole nitrogens is 1. The molecule has 1 aliphatic carbocycles. The van der Waals surface area contributed by atoms with Crippen LogP contribution < -0.4 is 10.1 Å². The Kier molecular flexibility index (Phi) is 5.06. The minimum atomic E-state index is -0.559. The summed E-state index contributed by atoms with van der Waals surface area (Å²) in [5.41, 5.74) is 3.17. The van der Waals surface area contributed by atoms with Gasteiger partial charge in [-0.3, -0.25) is 4.68 Å². The Bertz CT molecular complexity index is 1610. The number of amides is 1. The normalized spacial score (nSPS) is 14.7. The first-order valence-electron chi connectivity index (χ1n) is 11.1. The number of hydrogen-bond acceptors (Lipinski definition) is 5. The molecule has 6 rings (SSSR count). The van der Waals surface area contributed by atoms with Crippen molar-refractivity contribution in [2.45, 2.75) is 24.8 Å². The van der Waals surface area contributed by atoms with Crippen LogP contribution in [0.4, 0.5) is 9.18 Å². The van der Waals surface area contributed by atoms with Crippen molar-refractivity contribution < 1.29 is 13.9 Å². The summed E-state index contributed by atoms with van der Waals surface area (Å²) >= 11 is 3.51. The van der Waals surface area contributed by atoms with E-state index in [1.165, 1.54) is 12.1 Å². The fourth-order valence-corrected chi connectivity index (χ4v) is 5.00. The molecule has 0 aliphatic heterocycles. The van der Waals surface area contributed by atoms with Gasteiger partial charge in [0.25, 0.3) is 0 Å². The van der Waals surface area contributed by atoms with E-state index in [0.717, 1.165) is 34.7 Å². The fourth-order valence-electron chi connectivity index (χ4n) is 4.60. The van der Waals surface area contributed by atoms with Crippen molar-refractivity contribution >= 4 is 44.1 Å². The zero-order chi connectivity index (χ0) is 24.2. The first kappa shape index (κ1) is 21.7. The van der Waals surface area contributed by atoms with Gasteiger partial charge in [-0.05, 0) is 55.2 Å². The number of hydrogen-bond donors (Lipinski definition) is 2. The highest BCUT2D eigenvalue weighted by atomic mass is 79.9. The number of rotatable bonds is 4. The number of aromatic amines is 1. The summed E-state index contributed by atoms with van der Waals surface area (Å²) in [5, 5.41) is 8.31. The zero-order valence-corrected chi connectivity index (χ0v) is 20.3. The minimum Gasteiger partial charge on any atom is -0.406 e. The van der Waals surface area contributed by atoms with Gasteiger partial charge in [-0.15, -0.1) is 0 Å². The Morgan fingerprint density at radius 1 is 1.26 bits per heavy atom. The molecule has 1 fully saturated rings. The molecule has 2 N–H and O–H groups in total. The molecule has 2 aromatic carbocycles. The lowest BCUT2D eigenvalue weighted by Gasteiger charge is -2.42. The Morgan fingerprint density at radius 2 is 2.11 bits per heavy atom. The van der Waals surface area contributed by atoms with Crippen LogP contribution in [0, 0.1) is 5.82 Å². The van der Waals surface area contributed by atoms with Crippen LogP contribution >= 0.6 is 15.9 Å². The molecule has 1 aliphatic rings. The fraction of sp³-hybridized carbons (Fsp3) is 0.200. The number of ether oxygens (including phenoxy) is 1. The van der Waals surface area contributed by atoms with Crippen molar-refractivity contribution in [3.8, 4) is 17.1 Å². The molecule has 3 heterocycles. The molecule has 0 spiro atoms. The van der Waals surface area contributed by atoms with Crippen molar-refractivity contribution in [3.05, 3.63) is 70.7 Å². The molecule has 10 heteroatoms. The van der Waals surface area contributed by atoms with Crippen LogP contribution in [0.1, 0.15) is 24.8 Å². The number of fused-ring (bicyclic) bond motifs is 2. The molecule has 1 amide bonds. The first-order valence-corrected chi connectivity index (χ1v) is 11.9. The van der Waals surface area contributed by atoms with Crippen LogP contribution in [0.5, 0.6) is 5.75 Å². The maximum atomic E-state index is 13.7. The van der Waals surface area contributed by atoms with Gasteiger partial charge in [0, 0.05) is 23.1 Å². The summed E-state index contributed by atoms with van der Waals surface area (Å²) in [5.74, 6) is -0.0742. The second-order valence-electron chi connectivity index (χ2n) is 8.70. The molecule has 0 atom stereocenters. The topological polar surface area (TPSA) is 97.7 Å². The SMILES string of the molecule is Cn1nc(-c2cnc3[nH]cc(OC(=O)NC4(c5cccc(Br)c5)CCC4)c3n2)c2ccc(F)cc21. The number of halogens is 2. The van der Waals surface area contributed by atoms with E-state index in [1.54, 1.807) is 30.2 Å². The zero-order valence-electron chi connectivity index (χ0n) is 18.7. The third-order valence-electron chi connectivity index (χ3n) is 6.53. The van der Waals surface area contributed by atoms with Crippen LogP contribution in [-0.2, 0) is 12.6 Å². The first-order chi connectivity index (χ1) is 16.9. The molecular formula is C25H20BrFN6O2. The van der Waals surface area contributed by atoms with Gasteiger partial charge in [-0.1, -0.05) is 28.1 Å². The molecule has 35 heavy (non-hydrogen) atoms. The third-order valence-corrected chi connectivity index (χ3v) is 7.02. The number of aryl methyl sites for hydroxylation is 1. The Hall–Kier alpha value is -3.79. The summed E-state index contributed by atoms with van der Waals surface area (Å²) in [6.07, 6.45) is 5.29. The highest BCUT2D eigenvalue weighted by molar-refractivity contribution is 9.10. The molecule has 0 radical (unpaired) electrons. The number of aromatic nitrogens is 5. The van der Waals surface area contributed by atoms with E-state index in [-0.39, 0.29) is 11.6 Å². The molecule has 8 nitrogen and oxygen atoms in total. The quantitative estimate of drug-likeness (QED) is 0.313. The van der Waals surface area contributed by atoms with E-state index >= 15 is 0 Å². The average Bonchev–Trinajstić information content (AvgIpc) is 3.36. The molecule has 0 bridgehead atoms. The van der Waals surface area contributed by atoms with Gasteiger partial charge in [-0.25, -0.2) is 19.2 Å². The van der Waals surface area contributed by atoms with E-state index in [4.69, 9.17) is 4.74 Å². The van der Waals surface area contributed by atoms with Crippen LogP contribution in [0.15, 0.2) is 59.3 Å². The average molecular weight is 535 g/mol. The standard InChI is InChI=1S/C25H20BrFN6O2/c1-33-19-11-16(27)6-7-17(19)21(32-33)18-12-28-23-22(30-18)20(13-29-23)35-24(34)31-25(8-3-9-25)14-4-2-5-15(26)10-14/h2,4-7,10-13H,3,8-9H2,1H3,(H,28,29)(H,31,34). The molecule has 0 unspecified atom stereocenters. The van der Waals surface area contributed by atoms with E-state index in [0.29, 0.717) is 28.1 Å². The van der Waals surface area contributed by atoms with E-state index < -0.39 is 11.6 Å². The second-order valence-corrected chi connectivity index (χ2v) is 9.62. The van der Waals surface area contributed by atoms with E-state index in [9.17, 15) is 9.18 Å². The van der Waals surface area contributed by atoms with Crippen LogP contribution in [0.2, 0.25) is 0 Å². The highest BCUT2D eigenvalue weighted by Gasteiger charge is 2.41. The molecule has 1 saturated carbocycles. The minimum absolute atomic E-state index is 0.266. The Balaban J connectivity index is 1.30. The molecule has 176 valence electrons. The maximum Gasteiger partial charge on any atom is 0.413 e. The van der Waals surface area contributed by atoms with Gasteiger partial charge in [0.15, 0.2) is 16.9 Å². The van der Waals surface area contributed by atoms with Crippen molar-refractivity contribution in [2.75, 3.05) is 0 Å². The monoisotopic (exact) mass is 534 g/mol. The van der Waals surface area contributed by atoms with Crippen LogP contribution in [0.25, 0.3) is 33.5 Å². The molecular weight excluding hydrogens is 515 g/mol. The summed E-state index contributed by atoms with van der Waals surface area (Å²) in [6.45, 7) is 0. The van der Waals surface area contributed by atoms with Crippen molar-refractivity contribution in [1.82, 2.24) is 30.0 Å².